The molecular formula is C15H18ClN3OS. The van der Waals surface area contributed by atoms with E-state index in [2.05, 4.69) is 5.32 Å². The molecule has 2 rings (SSSR count). The van der Waals surface area contributed by atoms with Crippen LogP contribution in [-0.2, 0) is 6.54 Å². The molecule has 0 spiro atoms. The molecule has 4 nitrogen and oxygen atoms in total. The SMILES string of the molecule is CC(N)c1ccc(NC(=O)N(C)Cc2ccc(Cl)s2)cc1. The van der Waals surface area contributed by atoms with E-state index in [-0.39, 0.29) is 12.1 Å². The van der Waals surface area contributed by atoms with Crippen molar-refractivity contribution >= 4 is 34.7 Å². The number of nitrogens with one attached hydrogen (secondary N) is 1. The quantitative estimate of drug-likeness (QED) is 0.890. The van der Waals surface area contributed by atoms with Gasteiger partial charge in [-0.15, -0.1) is 11.3 Å². The molecule has 112 valence electrons. The van der Waals surface area contributed by atoms with Crippen LogP contribution in [-0.4, -0.2) is 18.0 Å². The summed E-state index contributed by atoms with van der Waals surface area (Å²) in [5, 5.41) is 2.85. The van der Waals surface area contributed by atoms with Gasteiger partial charge in [-0.3, -0.25) is 0 Å². The number of halogens is 1. The molecule has 1 aromatic heterocycles. The van der Waals surface area contributed by atoms with E-state index in [9.17, 15) is 4.79 Å². The monoisotopic (exact) mass is 323 g/mol. The first kappa shape index (κ1) is 15.8. The molecule has 1 aromatic carbocycles. The minimum Gasteiger partial charge on any atom is -0.324 e. The molecule has 1 unspecified atom stereocenters. The average molecular weight is 324 g/mol. The Labute approximate surface area is 133 Å². The molecule has 0 saturated carbocycles. The summed E-state index contributed by atoms with van der Waals surface area (Å²) < 4.78 is 0.727. The number of hydrogen-bond acceptors (Lipinski definition) is 3. The van der Waals surface area contributed by atoms with Crippen LogP contribution >= 0.6 is 22.9 Å². The molecule has 2 amide bonds. The Balaban J connectivity index is 1.93. The molecule has 0 aliphatic heterocycles. The largest absolute Gasteiger partial charge is 0.324 e. The fourth-order valence-electron chi connectivity index (χ4n) is 1.83. The molecule has 0 saturated heterocycles. The highest BCUT2D eigenvalue weighted by molar-refractivity contribution is 7.16. The van der Waals surface area contributed by atoms with Crippen molar-refractivity contribution in [3.63, 3.8) is 0 Å². The number of carbonyl (C=O) groups is 1. The Hall–Kier alpha value is -1.56. The molecule has 0 bridgehead atoms. The van der Waals surface area contributed by atoms with Crippen LogP contribution in [0.5, 0.6) is 0 Å². The molecule has 1 atom stereocenters. The smallest absolute Gasteiger partial charge is 0.321 e. The highest BCUT2D eigenvalue weighted by atomic mass is 35.5. The van der Waals surface area contributed by atoms with Crippen LogP contribution < -0.4 is 11.1 Å². The van der Waals surface area contributed by atoms with Crippen molar-refractivity contribution in [3.05, 3.63) is 51.2 Å². The summed E-state index contributed by atoms with van der Waals surface area (Å²) in [7, 11) is 1.75. The summed E-state index contributed by atoms with van der Waals surface area (Å²) >= 11 is 7.36. The highest BCUT2D eigenvalue weighted by Gasteiger charge is 2.11. The van der Waals surface area contributed by atoms with Gasteiger partial charge in [-0.2, -0.15) is 0 Å². The molecule has 3 N–H and O–H groups in total. The summed E-state index contributed by atoms with van der Waals surface area (Å²) in [4.78, 5) is 14.8. The summed E-state index contributed by atoms with van der Waals surface area (Å²) in [5.41, 5.74) is 7.58. The summed E-state index contributed by atoms with van der Waals surface area (Å²) in [6, 6.07) is 11.1. The predicted octanol–water partition coefficient (Wildman–Crippen LogP) is 4.09. The van der Waals surface area contributed by atoms with Gasteiger partial charge in [0.25, 0.3) is 0 Å². The number of rotatable bonds is 4. The minimum atomic E-state index is -0.159. The second-order valence-electron chi connectivity index (χ2n) is 4.90. The van der Waals surface area contributed by atoms with Crippen LogP contribution in [0.3, 0.4) is 0 Å². The standard InChI is InChI=1S/C15H18ClN3OS/c1-10(17)11-3-5-12(6-4-11)18-15(20)19(2)9-13-7-8-14(16)21-13/h3-8,10H,9,17H2,1-2H3,(H,18,20). The number of thiophene rings is 1. The number of hydrogen-bond donors (Lipinski definition) is 2. The third-order valence-electron chi connectivity index (χ3n) is 3.06. The number of nitrogens with two attached hydrogens (primary N) is 1. The molecule has 6 heteroatoms. The Bertz CT molecular complexity index is 610. The fourth-order valence-corrected chi connectivity index (χ4v) is 2.97. The number of urea groups is 1. The average Bonchev–Trinajstić information content (AvgIpc) is 2.84. The van der Waals surface area contributed by atoms with Crippen molar-refractivity contribution in [1.29, 1.82) is 0 Å². The van der Waals surface area contributed by atoms with Crippen LogP contribution in [0.2, 0.25) is 4.34 Å². The van der Waals surface area contributed by atoms with Crippen molar-refractivity contribution in [3.8, 4) is 0 Å². The van der Waals surface area contributed by atoms with Gasteiger partial charge in [0.2, 0.25) is 0 Å². The summed E-state index contributed by atoms with van der Waals surface area (Å²) in [5.74, 6) is 0. The van der Waals surface area contributed by atoms with Crippen LogP contribution in [0, 0.1) is 0 Å². The van der Waals surface area contributed by atoms with Crippen LogP contribution in [0.25, 0.3) is 0 Å². The molecule has 1 heterocycles. The van der Waals surface area contributed by atoms with E-state index < -0.39 is 0 Å². The molecule has 0 aliphatic carbocycles. The van der Waals surface area contributed by atoms with Gasteiger partial charge in [-0.1, -0.05) is 23.7 Å². The zero-order chi connectivity index (χ0) is 15.4. The van der Waals surface area contributed by atoms with Gasteiger partial charge in [0.1, 0.15) is 0 Å². The van der Waals surface area contributed by atoms with Gasteiger partial charge in [-0.05, 0) is 36.8 Å². The maximum atomic E-state index is 12.1. The lowest BCUT2D eigenvalue weighted by Crippen LogP contribution is -2.30. The lowest BCUT2D eigenvalue weighted by Gasteiger charge is -2.17. The first-order valence-electron chi connectivity index (χ1n) is 6.57. The summed E-state index contributed by atoms with van der Waals surface area (Å²) in [6.07, 6.45) is 0. The minimum absolute atomic E-state index is 0.0130. The fraction of sp³-hybridized carbons (Fsp3) is 0.267. The van der Waals surface area contributed by atoms with Gasteiger partial charge in [-0.25, -0.2) is 4.79 Å². The second kappa shape index (κ2) is 6.93. The Morgan fingerprint density at radius 1 is 1.33 bits per heavy atom. The molecule has 0 fully saturated rings. The van der Waals surface area contributed by atoms with Crippen LogP contribution in [0.4, 0.5) is 10.5 Å². The third kappa shape index (κ3) is 4.46. The van der Waals surface area contributed by atoms with Gasteiger partial charge in [0.05, 0.1) is 10.9 Å². The Morgan fingerprint density at radius 2 is 2.00 bits per heavy atom. The maximum absolute atomic E-state index is 12.1. The van der Waals surface area contributed by atoms with E-state index in [4.69, 9.17) is 17.3 Å². The van der Waals surface area contributed by atoms with Gasteiger partial charge < -0.3 is 16.0 Å². The zero-order valence-electron chi connectivity index (χ0n) is 12.0. The molecular weight excluding hydrogens is 306 g/mol. The number of nitrogens with zero attached hydrogens (tertiary/aromatic N) is 1. The second-order valence-corrected chi connectivity index (χ2v) is 6.70. The van der Waals surface area contributed by atoms with Gasteiger partial charge >= 0.3 is 6.03 Å². The molecule has 21 heavy (non-hydrogen) atoms. The van der Waals surface area contributed by atoms with Crippen LogP contribution in [0.15, 0.2) is 36.4 Å². The number of anilines is 1. The normalized spacial score (nSPS) is 12.0. The van der Waals surface area contributed by atoms with Gasteiger partial charge in [0.15, 0.2) is 0 Å². The van der Waals surface area contributed by atoms with Crippen molar-refractivity contribution in [2.45, 2.75) is 19.5 Å². The van der Waals surface area contributed by atoms with Crippen molar-refractivity contribution in [2.24, 2.45) is 5.73 Å². The molecule has 0 radical (unpaired) electrons. The molecule has 0 aliphatic rings. The Kier molecular flexibility index (Phi) is 5.22. The molecule has 2 aromatic rings. The first-order chi connectivity index (χ1) is 9.95. The number of amides is 2. The first-order valence-corrected chi connectivity index (χ1v) is 7.77. The topological polar surface area (TPSA) is 58.4 Å². The van der Waals surface area contributed by atoms with E-state index in [0.717, 1.165) is 20.5 Å². The van der Waals surface area contributed by atoms with E-state index in [1.807, 2.05) is 43.3 Å². The zero-order valence-corrected chi connectivity index (χ0v) is 13.5. The maximum Gasteiger partial charge on any atom is 0.321 e. The Morgan fingerprint density at radius 3 is 2.52 bits per heavy atom. The lowest BCUT2D eigenvalue weighted by molar-refractivity contribution is 0.221. The van der Waals surface area contributed by atoms with E-state index in [0.29, 0.717) is 6.54 Å². The lowest BCUT2D eigenvalue weighted by atomic mass is 10.1. The van der Waals surface area contributed by atoms with Crippen molar-refractivity contribution in [1.82, 2.24) is 4.90 Å². The van der Waals surface area contributed by atoms with Crippen LogP contribution in [0.1, 0.15) is 23.4 Å². The predicted molar refractivity (Wildman–Crippen MR) is 88.9 cm³/mol. The van der Waals surface area contributed by atoms with Gasteiger partial charge in [0, 0.05) is 23.7 Å². The van der Waals surface area contributed by atoms with E-state index >= 15 is 0 Å². The highest BCUT2D eigenvalue weighted by Crippen LogP contribution is 2.22. The number of benzene rings is 1. The summed E-state index contributed by atoms with van der Waals surface area (Å²) in [6.45, 7) is 2.45. The van der Waals surface area contributed by atoms with E-state index in [1.54, 1.807) is 11.9 Å². The van der Waals surface area contributed by atoms with Crippen molar-refractivity contribution < 1.29 is 4.79 Å². The van der Waals surface area contributed by atoms with E-state index in [1.165, 1.54) is 11.3 Å². The third-order valence-corrected chi connectivity index (χ3v) is 4.27. The van der Waals surface area contributed by atoms with Crippen molar-refractivity contribution in [2.75, 3.05) is 12.4 Å². The number of carbonyl (C=O) groups excluding carboxylic acids is 1.